The molecule has 0 amide bonds. The molecule has 0 aromatic heterocycles. The van der Waals surface area contributed by atoms with Gasteiger partial charge in [0.05, 0.1) is 10.2 Å². The molecular formula is C22H19Br2Cl2NO3. The highest BCUT2D eigenvalue weighted by Gasteiger charge is 2.73. The van der Waals surface area contributed by atoms with Crippen molar-refractivity contribution in [1.82, 2.24) is 0 Å². The van der Waals surface area contributed by atoms with E-state index < -0.39 is 25.6 Å². The Labute approximate surface area is 202 Å². The van der Waals surface area contributed by atoms with Crippen LogP contribution in [0.4, 0.5) is 0 Å². The Hall–Kier alpha value is -1.26. The molecule has 0 aliphatic heterocycles. The molecule has 1 aliphatic rings. The van der Waals surface area contributed by atoms with E-state index in [1.165, 1.54) is 0 Å². The van der Waals surface area contributed by atoms with Gasteiger partial charge in [0, 0.05) is 5.56 Å². The molecule has 0 N–H and O–H groups in total. The van der Waals surface area contributed by atoms with Gasteiger partial charge in [0.15, 0.2) is 3.24 Å². The lowest BCUT2D eigenvalue weighted by atomic mass is 9.92. The van der Waals surface area contributed by atoms with E-state index in [-0.39, 0.29) is 5.41 Å². The third-order valence-electron chi connectivity index (χ3n) is 5.37. The van der Waals surface area contributed by atoms with Crippen molar-refractivity contribution in [2.24, 2.45) is 10.8 Å². The minimum Gasteiger partial charge on any atom is -0.457 e. The number of esters is 1. The van der Waals surface area contributed by atoms with E-state index in [9.17, 15) is 10.1 Å². The number of hydrogen-bond acceptors (Lipinski definition) is 4. The average molecular weight is 576 g/mol. The van der Waals surface area contributed by atoms with Crippen molar-refractivity contribution < 1.29 is 14.3 Å². The predicted molar refractivity (Wildman–Crippen MR) is 124 cm³/mol. The molecule has 30 heavy (non-hydrogen) atoms. The first kappa shape index (κ1) is 23.4. The maximum absolute atomic E-state index is 13.2. The number of carbonyl (C=O) groups excluding carboxylic acids is 1. The van der Waals surface area contributed by atoms with Gasteiger partial charge in [-0.15, -0.1) is 0 Å². The van der Waals surface area contributed by atoms with Crippen molar-refractivity contribution >= 4 is 61.0 Å². The summed E-state index contributed by atoms with van der Waals surface area (Å²) in [6, 6.07) is 18.2. The zero-order valence-electron chi connectivity index (χ0n) is 16.2. The molecule has 8 heteroatoms. The van der Waals surface area contributed by atoms with Crippen LogP contribution in [-0.2, 0) is 9.53 Å². The summed E-state index contributed by atoms with van der Waals surface area (Å²) in [6.07, 6.45) is -0.572. The predicted octanol–water partition coefficient (Wildman–Crippen LogP) is 7.29. The fourth-order valence-electron chi connectivity index (χ4n) is 3.56. The van der Waals surface area contributed by atoms with Crippen molar-refractivity contribution in [1.29, 1.82) is 5.26 Å². The summed E-state index contributed by atoms with van der Waals surface area (Å²) in [6.45, 7) is 3.87. The van der Waals surface area contributed by atoms with Gasteiger partial charge in [-0.1, -0.05) is 83.3 Å². The Morgan fingerprint density at radius 3 is 2.30 bits per heavy atom. The topological polar surface area (TPSA) is 59.3 Å². The summed E-state index contributed by atoms with van der Waals surface area (Å²) in [5.41, 5.74) is -0.840. The molecule has 3 atom stereocenters. The number of nitriles is 1. The maximum atomic E-state index is 13.2. The van der Waals surface area contributed by atoms with Gasteiger partial charge >= 0.3 is 5.97 Å². The average Bonchev–Trinajstić information content (AvgIpc) is 3.29. The third kappa shape index (κ3) is 4.65. The highest BCUT2D eigenvalue weighted by atomic mass is 79.9. The number of para-hydroxylation sites is 1. The lowest BCUT2D eigenvalue weighted by Crippen LogP contribution is -2.40. The van der Waals surface area contributed by atoms with Crippen molar-refractivity contribution in [3.8, 4) is 17.6 Å². The first-order valence-corrected chi connectivity index (χ1v) is 11.6. The van der Waals surface area contributed by atoms with Crippen LogP contribution in [-0.4, -0.2) is 14.0 Å². The van der Waals surface area contributed by atoms with Gasteiger partial charge in [0.25, 0.3) is 0 Å². The molecule has 0 spiro atoms. The minimum absolute atomic E-state index is 0.390. The van der Waals surface area contributed by atoms with Crippen molar-refractivity contribution in [2.75, 3.05) is 0 Å². The molecule has 0 heterocycles. The number of hydrogen-bond donors (Lipinski definition) is 0. The lowest BCUT2D eigenvalue weighted by molar-refractivity contribution is -0.155. The van der Waals surface area contributed by atoms with E-state index in [1.807, 2.05) is 44.2 Å². The molecule has 1 aliphatic carbocycles. The highest BCUT2D eigenvalue weighted by molar-refractivity contribution is 9.13. The van der Waals surface area contributed by atoms with E-state index >= 15 is 0 Å². The Morgan fingerprint density at radius 2 is 1.77 bits per heavy atom. The Morgan fingerprint density at radius 1 is 1.17 bits per heavy atom. The van der Waals surface area contributed by atoms with E-state index in [2.05, 4.69) is 37.9 Å². The summed E-state index contributed by atoms with van der Waals surface area (Å²) >= 11 is 19.1. The number of carbonyl (C=O) groups is 1. The summed E-state index contributed by atoms with van der Waals surface area (Å²) in [7, 11) is 0. The molecule has 1 saturated carbocycles. The molecule has 0 bridgehead atoms. The van der Waals surface area contributed by atoms with E-state index in [1.54, 1.807) is 24.3 Å². The SMILES string of the molecule is CC1(C)C[C@@]1(C(=O)OC(C#N)c1cccc(Oc2ccccc2)c1)[C@H](Br)C(Cl)(Cl)Br. The zero-order chi connectivity index (χ0) is 22.2. The molecule has 0 radical (unpaired) electrons. The smallest absolute Gasteiger partial charge is 0.315 e. The first-order chi connectivity index (χ1) is 14.0. The quantitative estimate of drug-likeness (QED) is 0.257. The number of nitrogens with zero attached hydrogens (tertiary/aromatic N) is 1. The highest BCUT2D eigenvalue weighted by Crippen LogP contribution is 2.71. The summed E-state index contributed by atoms with van der Waals surface area (Å²) in [5, 5.41) is 9.68. The molecule has 3 rings (SSSR count). The van der Waals surface area contributed by atoms with Gasteiger partial charge < -0.3 is 9.47 Å². The molecular weight excluding hydrogens is 557 g/mol. The zero-order valence-corrected chi connectivity index (χ0v) is 20.9. The van der Waals surface area contributed by atoms with Gasteiger partial charge in [-0.3, -0.25) is 4.79 Å². The fourth-order valence-corrected chi connectivity index (χ4v) is 5.30. The van der Waals surface area contributed by atoms with Crippen LogP contribution in [0.25, 0.3) is 0 Å². The van der Waals surface area contributed by atoms with Gasteiger partial charge in [-0.2, -0.15) is 5.26 Å². The van der Waals surface area contributed by atoms with E-state index in [4.69, 9.17) is 32.7 Å². The number of halogens is 4. The van der Waals surface area contributed by atoms with Crippen LogP contribution < -0.4 is 4.74 Å². The largest absolute Gasteiger partial charge is 0.457 e. The summed E-state index contributed by atoms with van der Waals surface area (Å²) < 4.78 is 10.1. The van der Waals surface area contributed by atoms with Crippen molar-refractivity contribution in [3.63, 3.8) is 0 Å². The van der Waals surface area contributed by atoms with E-state index in [0.717, 1.165) is 0 Å². The molecule has 1 fully saturated rings. The molecule has 4 nitrogen and oxygen atoms in total. The Balaban J connectivity index is 1.81. The van der Waals surface area contributed by atoms with Crippen LogP contribution in [0.2, 0.25) is 0 Å². The number of rotatable bonds is 7. The van der Waals surface area contributed by atoms with Crippen LogP contribution in [0.3, 0.4) is 0 Å². The standard InChI is InChI=1S/C22H19Br2Cl2NO3/c1-20(2)13-21(20,18(23)22(24,25)26)19(28)30-17(12-27)14-7-6-10-16(11-14)29-15-8-4-3-5-9-15/h3-11,17-18H,13H2,1-2H3/t17?,18-,21-/m0/s1. The fraction of sp³-hybridized carbons (Fsp3) is 0.364. The van der Waals surface area contributed by atoms with Crippen LogP contribution in [0, 0.1) is 22.2 Å². The second-order valence-electron chi connectivity index (χ2n) is 7.84. The van der Waals surface area contributed by atoms with Gasteiger partial charge in [-0.25, -0.2) is 0 Å². The maximum Gasteiger partial charge on any atom is 0.315 e. The third-order valence-corrected chi connectivity index (χ3v) is 8.87. The van der Waals surface area contributed by atoms with Crippen molar-refractivity contribution in [2.45, 2.75) is 34.4 Å². The molecule has 2 aromatic rings. The number of ether oxygens (including phenoxy) is 2. The van der Waals surface area contributed by atoms with Crippen LogP contribution >= 0.6 is 55.1 Å². The normalized spacial score (nSPS) is 21.8. The molecule has 158 valence electrons. The van der Waals surface area contributed by atoms with Crippen LogP contribution in [0.5, 0.6) is 11.5 Å². The Kier molecular flexibility index (Phi) is 6.79. The van der Waals surface area contributed by atoms with Crippen LogP contribution in [0.15, 0.2) is 54.6 Å². The van der Waals surface area contributed by atoms with E-state index in [0.29, 0.717) is 23.5 Å². The Bertz CT molecular complexity index is 972. The summed E-state index contributed by atoms with van der Waals surface area (Å²) in [5.74, 6) is 0.676. The second-order valence-corrected chi connectivity index (χ2v) is 12.3. The minimum atomic E-state index is -1.37. The molecule has 2 aromatic carbocycles. The number of benzene rings is 2. The van der Waals surface area contributed by atoms with Crippen LogP contribution in [0.1, 0.15) is 31.9 Å². The molecule has 0 saturated heterocycles. The second kappa shape index (κ2) is 8.70. The first-order valence-electron chi connectivity index (χ1n) is 9.15. The van der Waals surface area contributed by atoms with Gasteiger partial charge in [0.1, 0.15) is 17.6 Å². The summed E-state index contributed by atoms with van der Waals surface area (Å²) in [4.78, 5) is 12.6. The van der Waals surface area contributed by atoms with Gasteiger partial charge in [-0.05, 0) is 52.0 Å². The van der Waals surface area contributed by atoms with Gasteiger partial charge in [0.2, 0.25) is 6.10 Å². The number of alkyl halides is 4. The molecule has 1 unspecified atom stereocenters. The monoisotopic (exact) mass is 573 g/mol. The van der Waals surface area contributed by atoms with Crippen molar-refractivity contribution in [3.05, 3.63) is 60.2 Å². The lowest BCUT2D eigenvalue weighted by Gasteiger charge is -2.30.